The van der Waals surface area contributed by atoms with Crippen LogP contribution in [0.25, 0.3) is 0 Å². The second-order valence-corrected chi connectivity index (χ2v) is 2.84. The van der Waals surface area contributed by atoms with Gasteiger partial charge < -0.3 is 15.0 Å². The number of rotatable bonds is 4. The number of carbonyl (C=O) groups is 1. The molecule has 0 unspecified atom stereocenters. The molecule has 1 amide bonds. The molecule has 0 bridgehead atoms. The van der Waals surface area contributed by atoms with Gasteiger partial charge in [0, 0.05) is 26.3 Å². The SMILES string of the molecule is CN(C(=O)CCCO)c1ccc[nH]1. The molecule has 0 atom stereocenters. The van der Waals surface area contributed by atoms with E-state index in [9.17, 15) is 4.79 Å². The lowest BCUT2D eigenvalue weighted by Gasteiger charge is -2.14. The minimum atomic E-state index is 0.0106. The molecule has 0 fully saturated rings. The molecule has 0 aliphatic rings. The van der Waals surface area contributed by atoms with Crippen molar-refractivity contribution in [3.8, 4) is 0 Å². The summed E-state index contributed by atoms with van der Waals surface area (Å²) in [6.45, 7) is 0.0598. The van der Waals surface area contributed by atoms with Crippen molar-refractivity contribution in [2.45, 2.75) is 12.8 Å². The molecule has 0 saturated heterocycles. The lowest BCUT2D eigenvalue weighted by Crippen LogP contribution is -2.26. The van der Waals surface area contributed by atoms with E-state index in [0.29, 0.717) is 12.8 Å². The average molecular weight is 182 g/mol. The van der Waals surface area contributed by atoms with Crippen LogP contribution < -0.4 is 4.90 Å². The first-order chi connectivity index (χ1) is 6.25. The summed E-state index contributed by atoms with van der Waals surface area (Å²) < 4.78 is 0. The normalized spacial score (nSPS) is 10.0. The van der Waals surface area contributed by atoms with Gasteiger partial charge in [-0.25, -0.2) is 0 Å². The van der Waals surface area contributed by atoms with Gasteiger partial charge in [0.2, 0.25) is 5.91 Å². The van der Waals surface area contributed by atoms with Gasteiger partial charge in [-0.15, -0.1) is 0 Å². The summed E-state index contributed by atoms with van der Waals surface area (Å²) in [5.74, 6) is 0.791. The van der Waals surface area contributed by atoms with Gasteiger partial charge in [-0.05, 0) is 18.6 Å². The second kappa shape index (κ2) is 4.67. The molecule has 72 valence electrons. The predicted molar refractivity (Wildman–Crippen MR) is 50.5 cm³/mol. The highest BCUT2D eigenvalue weighted by Crippen LogP contribution is 2.09. The first-order valence-corrected chi connectivity index (χ1v) is 4.26. The third-order valence-corrected chi connectivity index (χ3v) is 1.87. The fraction of sp³-hybridized carbons (Fsp3) is 0.444. The van der Waals surface area contributed by atoms with Crippen molar-refractivity contribution in [2.24, 2.45) is 0 Å². The Hall–Kier alpha value is -1.29. The third-order valence-electron chi connectivity index (χ3n) is 1.87. The van der Waals surface area contributed by atoms with Crippen molar-refractivity contribution in [1.29, 1.82) is 0 Å². The largest absolute Gasteiger partial charge is 0.396 e. The fourth-order valence-electron chi connectivity index (χ4n) is 1.06. The number of anilines is 1. The molecule has 13 heavy (non-hydrogen) atoms. The smallest absolute Gasteiger partial charge is 0.227 e. The molecule has 0 aromatic carbocycles. The van der Waals surface area contributed by atoms with Crippen molar-refractivity contribution in [1.82, 2.24) is 4.98 Å². The van der Waals surface area contributed by atoms with E-state index in [-0.39, 0.29) is 12.5 Å². The van der Waals surface area contributed by atoms with Crippen LogP contribution >= 0.6 is 0 Å². The maximum absolute atomic E-state index is 11.4. The van der Waals surface area contributed by atoms with Gasteiger partial charge in [-0.3, -0.25) is 4.79 Å². The van der Waals surface area contributed by atoms with Crippen molar-refractivity contribution in [3.63, 3.8) is 0 Å². The van der Waals surface area contributed by atoms with Crippen molar-refractivity contribution < 1.29 is 9.90 Å². The van der Waals surface area contributed by atoms with Crippen molar-refractivity contribution >= 4 is 11.7 Å². The standard InChI is InChI=1S/C9H14N2O2/c1-11(8-4-2-6-10-8)9(13)5-3-7-12/h2,4,6,10,12H,3,5,7H2,1H3. The Morgan fingerprint density at radius 1 is 1.69 bits per heavy atom. The number of aromatic nitrogens is 1. The number of aromatic amines is 1. The van der Waals surface area contributed by atoms with Crippen LogP contribution in [0.4, 0.5) is 5.82 Å². The number of hydrogen-bond acceptors (Lipinski definition) is 2. The summed E-state index contributed by atoms with van der Waals surface area (Å²) in [5, 5.41) is 8.55. The summed E-state index contributed by atoms with van der Waals surface area (Å²) in [6.07, 6.45) is 2.67. The highest BCUT2D eigenvalue weighted by Gasteiger charge is 2.09. The lowest BCUT2D eigenvalue weighted by atomic mass is 10.3. The van der Waals surface area contributed by atoms with Crippen LogP contribution in [0.2, 0.25) is 0 Å². The molecule has 4 nitrogen and oxygen atoms in total. The number of carbonyl (C=O) groups excluding carboxylic acids is 1. The minimum absolute atomic E-state index is 0.0106. The molecule has 0 spiro atoms. The highest BCUT2D eigenvalue weighted by molar-refractivity contribution is 5.91. The van der Waals surface area contributed by atoms with Crippen LogP contribution in [-0.4, -0.2) is 29.7 Å². The summed E-state index contributed by atoms with van der Waals surface area (Å²) in [4.78, 5) is 15.9. The van der Waals surface area contributed by atoms with E-state index in [1.54, 1.807) is 18.1 Å². The van der Waals surface area contributed by atoms with Crippen molar-refractivity contribution in [2.75, 3.05) is 18.6 Å². The molecule has 0 saturated carbocycles. The number of nitrogens with one attached hydrogen (secondary N) is 1. The Morgan fingerprint density at radius 2 is 2.46 bits per heavy atom. The maximum Gasteiger partial charge on any atom is 0.227 e. The quantitative estimate of drug-likeness (QED) is 0.722. The van der Waals surface area contributed by atoms with Crippen LogP contribution in [0.3, 0.4) is 0 Å². The number of aliphatic hydroxyl groups excluding tert-OH is 1. The molecule has 1 aromatic heterocycles. The Labute approximate surface area is 77.2 Å². The molecule has 4 heteroatoms. The van der Waals surface area contributed by atoms with E-state index in [4.69, 9.17) is 5.11 Å². The topological polar surface area (TPSA) is 56.3 Å². The van der Waals surface area contributed by atoms with Crippen LogP contribution in [0.1, 0.15) is 12.8 Å². The molecule has 1 rings (SSSR count). The summed E-state index contributed by atoms with van der Waals surface area (Å²) >= 11 is 0. The maximum atomic E-state index is 11.4. The second-order valence-electron chi connectivity index (χ2n) is 2.84. The van der Waals surface area contributed by atoms with Gasteiger partial charge in [0.25, 0.3) is 0 Å². The van der Waals surface area contributed by atoms with E-state index in [1.165, 1.54) is 0 Å². The molecular weight excluding hydrogens is 168 g/mol. The zero-order valence-corrected chi connectivity index (χ0v) is 7.66. The number of aliphatic hydroxyl groups is 1. The van der Waals surface area contributed by atoms with Crippen LogP contribution in [0.5, 0.6) is 0 Å². The van der Waals surface area contributed by atoms with E-state index < -0.39 is 0 Å². The summed E-state index contributed by atoms with van der Waals surface area (Å²) in [5.41, 5.74) is 0. The average Bonchev–Trinajstić information content (AvgIpc) is 2.65. The van der Waals surface area contributed by atoms with E-state index >= 15 is 0 Å². The van der Waals surface area contributed by atoms with Gasteiger partial charge in [-0.2, -0.15) is 0 Å². The predicted octanol–water partition coefficient (Wildman–Crippen LogP) is 0.750. The van der Waals surface area contributed by atoms with Crippen LogP contribution in [0, 0.1) is 0 Å². The van der Waals surface area contributed by atoms with Crippen LogP contribution in [-0.2, 0) is 4.79 Å². The fourth-order valence-corrected chi connectivity index (χ4v) is 1.06. The van der Waals surface area contributed by atoms with Gasteiger partial charge in [0.15, 0.2) is 0 Å². The van der Waals surface area contributed by atoms with E-state index in [0.717, 1.165) is 5.82 Å². The number of hydrogen-bond donors (Lipinski definition) is 2. The first kappa shape index (κ1) is 9.80. The lowest BCUT2D eigenvalue weighted by molar-refractivity contribution is -0.118. The molecule has 1 heterocycles. The molecule has 1 aromatic rings. The van der Waals surface area contributed by atoms with Gasteiger partial charge in [0.1, 0.15) is 5.82 Å². The Kier molecular flexibility index (Phi) is 3.52. The molecule has 0 radical (unpaired) electrons. The van der Waals surface area contributed by atoms with E-state index in [1.807, 2.05) is 12.1 Å². The number of H-pyrrole nitrogens is 1. The Balaban J connectivity index is 2.48. The van der Waals surface area contributed by atoms with E-state index in [2.05, 4.69) is 4.98 Å². The number of nitrogens with zero attached hydrogens (tertiary/aromatic N) is 1. The monoisotopic (exact) mass is 182 g/mol. The van der Waals surface area contributed by atoms with Gasteiger partial charge >= 0.3 is 0 Å². The molecular formula is C9H14N2O2. The Bertz CT molecular complexity index is 257. The third kappa shape index (κ3) is 2.59. The minimum Gasteiger partial charge on any atom is -0.396 e. The zero-order valence-electron chi connectivity index (χ0n) is 7.66. The van der Waals surface area contributed by atoms with Gasteiger partial charge in [-0.1, -0.05) is 0 Å². The highest BCUT2D eigenvalue weighted by atomic mass is 16.3. The van der Waals surface area contributed by atoms with Gasteiger partial charge in [0.05, 0.1) is 0 Å². The van der Waals surface area contributed by atoms with Crippen LogP contribution in [0.15, 0.2) is 18.3 Å². The Morgan fingerprint density at radius 3 is 3.00 bits per heavy atom. The zero-order chi connectivity index (χ0) is 9.68. The summed E-state index contributed by atoms with van der Waals surface area (Å²) in [6, 6.07) is 3.67. The molecule has 0 aliphatic carbocycles. The summed E-state index contributed by atoms with van der Waals surface area (Å²) in [7, 11) is 1.71. The van der Waals surface area contributed by atoms with Crippen molar-refractivity contribution in [3.05, 3.63) is 18.3 Å². The molecule has 0 aliphatic heterocycles. The molecule has 2 N–H and O–H groups in total. The number of amides is 1. The first-order valence-electron chi connectivity index (χ1n) is 4.26.